The van der Waals surface area contributed by atoms with Crippen molar-refractivity contribution in [3.8, 4) is 0 Å². The highest BCUT2D eigenvalue weighted by Crippen LogP contribution is 2.21. The Balaban J connectivity index is 0.000000921. The van der Waals surface area contributed by atoms with E-state index in [0.29, 0.717) is 5.92 Å². The van der Waals surface area contributed by atoms with Crippen molar-refractivity contribution in [2.24, 2.45) is 0 Å². The Morgan fingerprint density at radius 3 is 2.27 bits per heavy atom. The standard InChI is InChI=1S/C11H17NS.C2H6/c1-5-9-6-7-10(8(2)3)12-11(9)13-4;1-2/h6-8H,5H2,1-4H3;1-2H3. The van der Waals surface area contributed by atoms with Gasteiger partial charge in [-0.2, -0.15) is 0 Å². The van der Waals surface area contributed by atoms with Crippen LogP contribution in [0.4, 0.5) is 0 Å². The number of rotatable bonds is 3. The monoisotopic (exact) mass is 225 g/mol. The fraction of sp³-hybridized carbons (Fsp3) is 0.615. The Morgan fingerprint density at radius 1 is 1.27 bits per heavy atom. The van der Waals surface area contributed by atoms with E-state index in [2.05, 4.69) is 44.1 Å². The average molecular weight is 225 g/mol. The van der Waals surface area contributed by atoms with Crippen LogP contribution in [0.25, 0.3) is 0 Å². The Hall–Kier alpha value is -0.500. The van der Waals surface area contributed by atoms with E-state index >= 15 is 0 Å². The Bertz CT molecular complexity index is 282. The summed E-state index contributed by atoms with van der Waals surface area (Å²) in [5.74, 6) is 0.525. The zero-order chi connectivity index (χ0) is 11.8. The van der Waals surface area contributed by atoms with E-state index in [-0.39, 0.29) is 0 Å². The minimum Gasteiger partial charge on any atom is -0.246 e. The van der Waals surface area contributed by atoms with Crippen molar-refractivity contribution < 1.29 is 0 Å². The largest absolute Gasteiger partial charge is 0.246 e. The number of hydrogen-bond donors (Lipinski definition) is 0. The van der Waals surface area contributed by atoms with Gasteiger partial charge in [-0.25, -0.2) is 4.98 Å². The van der Waals surface area contributed by atoms with Gasteiger partial charge in [-0.05, 0) is 30.2 Å². The van der Waals surface area contributed by atoms with Crippen LogP contribution in [0.15, 0.2) is 17.2 Å². The molecule has 0 unspecified atom stereocenters. The lowest BCUT2D eigenvalue weighted by atomic mass is 10.1. The summed E-state index contributed by atoms with van der Waals surface area (Å²) >= 11 is 1.74. The maximum atomic E-state index is 4.62. The number of thioether (sulfide) groups is 1. The lowest BCUT2D eigenvalue weighted by Gasteiger charge is -2.09. The van der Waals surface area contributed by atoms with E-state index in [1.54, 1.807) is 11.8 Å². The van der Waals surface area contributed by atoms with Gasteiger partial charge in [0.15, 0.2) is 0 Å². The molecule has 0 aromatic carbocycles. The van der Waals surface area contributed by atoms with Gasteiger partial charge in [-0.15, -0.1) is 11.8 Å². The second-order valence-corrected chi connectivity index (χ2v) is 4.21. The molecule has 0 N–H and O–H groups in total. The Labute approximate surface area is 98.7 Å². The molecule has 0 atom stereocenters. The second kappa shape index (κ2) is 7.75. The van der Waals surface area contributed by atoms with E-state index in [1.165, 1.54) is 16.3 Å². The highest BCUT2D eigenvalue weighted by Gasteiger charge is 2.05. The summed E-state index contributed by atoms with van der Waals surface area (Å²) in [4.78, 5) is 4.62. The molecular weight excluding hydrogens is 202 g/mol. The molecular formula is C13H23NS. The van der Waals surface area contributed by atoms with E-state index in [1.807, 2.05) is 13.8 Å². The van der Waals surface area contributed by atoms with Crippen LogP contribution in [-0.4, -0.2) is 11.2 Å². The number of aromatic nitrogens is 1. The molecule has 0 fully saturated rings. The lowest BCUT2D eigenvalue weighted by molar-refractivity contribution is 0.793. The molecule has 0 amide bonds. The summed E-state index contributed by atoms with van der Waals surface area (Å²) in [6, 6.07) is 4.34. The van der Waals surface area contributed by atoms with Gasteiger partial charge in [0.2, 0.25) is 0 Å². The molecule has 1 heterocycles. The molecule has 0 aliphatic carbocycles. The molecule has 0 aliphatic heterocycles. The lowest BCUT2D eigenvalue weighted by Crippen LogP contribution is -1.97. The van der Waals surface area contributed by atoms with Crippen LogP contribution in [0.2, 0.25) is 0 Å². The fourth-order valence-electron chi connectivity index (χ4n) is 1.25. The van der Waals surface area contributed by atoms with E-state index in [9.17, 15) is 0 Å². The first-order valence-electron chi connectivity index (χ1n) is 5.72. The van der Waals surface area contributed by atoms with Gasteiger partial charge in [0.05, 0.1) is 5.03 Å². The van der Waals surface area contributed by atoms with Crippen molar-refractivity contribution >= 4 is 11.8 Å². The van der Waals surface area contributed by atoms with Crippen LogP contribution in [0.3, 0.4) is 0 Å². The molecule has 2 heteroatoms. The molecule has 0 radical (unpaired) electrons. The van der Waals surface area contributed by atoms with Gasteiger partial charge in [0, 0.05) is 5.69 Å². The predicted octanol–water partition coefficient (Wildman–Crippen LogP) is 4.52. The van der Waals surface area contributed by atoms with Crippen molar-refractivity contribution in [1.29, 1.82) is 0 Å². The van der Waals surface area contributed by atoms with Crippen molar-refractivity contribution in [2.75, 3.05) is 6.26 Å². The molecule has 86 valence electrons. The summed E-state index contributed by atoms with van der Waals surface area (Å²) in [6.45, 7) is 10.5. The highest BCUT2D eigenvalue weighted by molar-refractivity contribution is 7.98. The number of pyridine rings is 1. The predicted molar refractivity (Wildman–Crippen MR) is 70.8 cm³/mol. The Kier molecular flexibility index (Phi) is 7.49. The third-order valence-electron chi connectivity index (χ3n) is 2.13. The summed E-state index contributed by atoms with van der Waals surface area (Å²) in [6.07, 6.45) is 3.16. The molecule has 1 aromatic rings. The summed E-state index contributed by atoms with van der Waals surface area (Å²) < 4.78 is 0. The first kappa shape index (κ1) is 14.5. The molecule has 0 saturated carbocycles. The van der Waals surface area contributed by atoms with Crippen molar-refractivity contribution in [1.82, 2.24) is 4.98 Å². The third kappa shape index (κ3) is 4.25. The quantitative estimate of drug-likeness (QED) is 0.702. The van der Waals surface area contributed by atoms with Gasteiger partial charge in [-0.3, -0.25) is 0 Å². The fourth-order valence-corrected chi connectivity index (χ4v) is 1.92. The molecule has 1 nitrogen and oxygen atoms in total. The highest BCUT2D eigenvalue weighted by atomic mass is 32.2. The van der Waals surface area contributed by atoms with Crippen molar-refractivity contribution in [3.63, 3.8) is 0 Å². The first-order valence-corrected chi connectivity index (χ1v) is 6.95. The smallest absolute Gasteiger partial charge is 0.0992 e. The number of hydrogen-bond acceptors (Lipinski definition) is 2. The van der Waals surface area contributed by atoms with Gasteiger partial charge >= 0.3 is 0 Å². The third-order valence-corrected chi connectivity index (χ3v) is 2.87. The van der Waals surface area contributed by atoms with Gasteiger partial charge in [0.1, 0.15) is 0 Å². The summed E-state index contributed by atoms with van der Waals surface area (Å²) in [5, 5.41) is 1.19. The summed E-state index contributed by atoms with van der Waals surface area (Å²) in [7, 11) is 0. The van der Waals surface area contributed by atoms with Crippen LogP contribution in [0, 0.1) is 0 Å². The zero-order valence-electron chi connectivity index (χ0n) is 10.8. The maximum absolute atomic E-state index is 4.62. The molecule has 15 heavy (non-hydrogen) atoms. The zero-order valence-corrected chi connectivity index (χ0v) is 11.6. The normalized spacial score (nSPS) is 9.80. The van der Waals surface area contributed by atoms with E-state index in [0.717, 1.165) is 6.42 Å². The first-order chi connectivity index (χ1) is 7.19. The van der Waals surface area contributed by atoms with E-state index < -0.39 is 0 Å². The van der Waals surface area contributed by atoms with Gasteiger partial charge in [-0.1, -0.05) is 40.7 Å². The molecule has 1 rings (SSSR count). The van der Waals surface area contributed by atoms with Crippen LogP contribution in [-0.2, 0) is 6.42 Å². The topological polar surface area (TPSA) is 12.9 Å². The van der Waals surface area contributed by atoms with Gasteiger partial charge in [0.25, 0.3) is 0 Å². The van der Waals surface area contributed by atoms with Crippen molar-refractivity contribution in [3.05, 3.63) is 23.4 Å². The average Bonchev–Trinajstić information content (AvgIpc) is 2.30. The molecule has 0 bridgehead atoms. The maximum Gasteiger partial charge on any atom is 0.0992 e. The molecule has 0 saturated heterocycles. The number of nitrogens with zero attached hydrogens (tertiary/aromatic N) is 1. The SMILES string of the molecule is CC.CCc1ccc(C(C)C)nc1SC. The van der Waals surface area contributed by atoms with Crippen LogP contribution in [0.1, 0.15) is 51.8 Å². The Morgan fingerprint density at radius 2 is 1.87 bits per heavy atom. The minimum atomic E-state index is 0.525. The minimum absolute atomic E-state index is 0.525. The van der Waals surface area contributed by atoms with Crippen LogP contribution >= 0.6 is 11.8 Å². The number of aryl methyl sites for hydroxylation is 1. The molecule has 0 spiro atoms. The van der Waals surface area contributed by atoms with Gasteiger partial charge < -0.3 is 0 Å². The summed E-state index contributed by atoms with van der Waals surface area (Å²) in [5.41, 5.74) is 2.55. The van der Waals surface area contributed by atoms with Crippen LogP contribution < -0.4 is 0 Å². The van der Waals surface area contributed by atoms with Crippen molar-refractivity contribution in [2.45, 2.75) is 52.0 Å². The second-order valence-electron chi connectivity index (χ2n) is 3.41. The van der Waals surface area contributed by atoms with Crippen LogP contribution in [0.5, 0.6) is 0 Å². The van der Waals surface area contributed by atoms with E-state index in [4.69, 9.17) is 0 Å². The molecule has 0 aliphatic rings. The molecule has 1 aromatic heterocycles.